The van der Waals surface area contributed by atoms with Crippen LogP contribution in [0.3, 0.4) is 0 Å². The average molecular weight is 331 g/mol. The van der Waals surface area contributed by atoms with Gasteiger partial charge < -0.3 is 9.05 Å². The van der Waals surface area contributed by atoms with Gasteiger partial charge in [-0.15, -0.1) is 0 Å². The molecule has 0 bridgehead atoms. The average Bonchev–Trinajstić information content (AvgIpc) is 2.53. The first-order valence-corrected chi connectivity index (χ1v) is 9.31. The summed E-state index contributed by atoms with van der Waals surface area (Å²) in [5.41, 5.74) is 2.44. The Hall–Kier alpha value is -1.06. The van der Waals surface area contributed by atoms with E-state index in [9.17, 15) is 0 Å². The molecule has 0 atom stereocenters. The Balaban J connectivity index is 1.75. The van der Waals surface area contributed by atoms with Gasteiger partial charge in [0.25, 0.3) is 8.53 Å². The number of rotatable bonds is 1. The van der Waals surface area contributed by atoms with Crippen LogP contribution >= 0.6 is 20.3 Å². The molecule has 0 aliphatic carbocycles. The van der Waals surface area contributed by atoms with Gasteiger partial charge in [-0.25, -0.2) is 0 Å². The molecule has 2 heterocycles. The molecular formula is C17H18NO2PS. The molecule has 0 aromatic heterocycles. The van der Waals surface area contributed by atoms with Crippen molar-refractivity contribution in [2.24, 2.45) is 5.41 Å². The van der Waals surface area contributed by atoms with Crippen LogP contribution in [0.15, 0.2) is 58.3 Å². The fourth-order valence-corrected chi connectivity index (χ4v) is 5.63. The third-order valence-electron chi connectivity index (χ3n) is 3.70. The van der Waals surface area contributed by atoms with Crippen LogP contribution in [0.5, 0.6) is 0 Å². The quantitative estimate of drug-likeness (QED) is 0.635. The molecule has 0 radical (unpaired) electrons. The van der Waals surface area contributed by atoms with Gasteiger partial charge in [-0.05, 0) is 24.3 Å². The number of hydrogen-bond donors (Lipinski definition) is 0. The summed E-state index contributed by atoms with van der Waals surface area (Å²) in [7, 11) is -1.10. The van der Waals surface area contributed by atoms with Crippen LogP contribution in [0.4, 0.5) is 11.4 Å². The predicted octanol–water partition coefficient (Wildman–Crippen LogP) is 5.59. The maximum absolute atomic E-state index is 6.11. The number of benzene rings is 2. The molecule has 114 valence electrons. The van der Waals surface area contributed by atoms with Gasteiger partial charge in [0.05, 0.1) is 24.6 Å². The van der Waals surface area contributed by atoms with E-state index in [0.29, 0.717) is 0 Å². The summed E-state index contributed by atoms with van der Waals surface area (Å²) in [6.07, 6.45) is 0. The van der Waals surface area contributed by atoms with Crippen molar-refractivity contribution in [3.63, 3.8) is 0 Å². The summed E-state index contributed by atoms with van der Waals surface area (Å²) in [6.45, 7) is 5.81. The second-order valence-electron chi connectivity index (χ2n) is 6.30. The number of hydrogen-bond acceptors (Lipinski definition) is 4. The smallest absolute Gasteiger partial charge is 0.294 e. The van der Waals surface area contributed by atoms with Crippen LogP contribution < -0.4 is 4.67 Å². The lowest BCUT2D eigenvalue weighted by Gasteiger charge is -2.41. The largest absolute Gasteiger partial charge is 0.317 e. The molecule has 0 N–H and O–H groups in total. The van der Waals surface area contributed by atoms with Crippen molar-refractivity contribution < 1.29 is 9.05 Å². The van der Waals surface area contributed by atoms with E-state index in [2.05, 4.69) is 67.0 Å². The SMILES string of the molecule is CC1(C)COP(N2c3ccccc3Sc3ccccc32)OC1. The normalized spacial score (nSPS) is 20.4. The molecular weight excluding hydrogens is 313 g/mol. The maximum atomic E-state index is 6.11. The molecule has 2 aromatic carbocycles. The van der Waals surface area contributed by atoms with Gasteiger partial charge in [-0.3, -0.25) is 4.67 Å². The third kappa shape index (κ3) is 2.55. The molecule has 3 nitrogen and oxygen atoms in total. The summed E-state index contributed by atoms with van der Waals surface area (Å²) >= 11 is 1.81. The van der Waals surface area contributed by atoms with Crippen LogP contribution in [-0.2, 0) is 9.05 Å². The molecule has 0 unspecified atom stereocenters. The molecule has 2 aliphatic heterocycles. The molecule has 22 heavy (non-hydrogen) atoms. The second-order valence-corrected chi connectivity index (χ2v) is 8.77. The second kappa shape index (κ2) is 5.54. The first-order valence-electron chi connectivity index (χ1n) is 7.36. The van der Waals surface area contributed by atoms with Crippen molar-refractivity contribution in [1.29, 1.82) is 0 Å². The highest BCUT2D eigenvalue weighted by Gasteiger charge is 2.37. The Labute approximate surface area is 136 Å². The highest BCUT2D eigenvalue weighted by Crippen LogP contribution is 2.60. The summed E-state index contributed by atoms with van der Waals surface area (Å²) in [5, 5.41) is 0. The van der Waals surface area contributed by atoms with Crippen LogP contribution in [0, 0.1) is 5.41 Å². The Morgan fingerprint density at radius 1 is 0.909 bits per heavy atom. The number of para-hydroxylation sites is 2. The van der Waals surface area contributed by atoms with Crippen molar-refractivity contribution in [2.45, 2.75) is 23.6 Å². The number of nitrogens with zero attached hydrogens (tertiary/aromatic N) is 1. The standard InChI is InChI=1S/C17H18NO2PS/c1-17(2)11-19-21(20-12-17)18-13-7-3-5-9-15(13)22-16-10-6-4-8-14(16)18/h3-10H,11-12H2,1-2H3. The van der Waals surface area contributed by atoms with Crippen molar-refractivity contribution in [2.75, 3.05) is 17.9 Å². The van der Waals surface area contributed by atoms with Crippen LogP contribution in [0.2, 0.25) is 0 Å². The van der Waals surface area contributed by atoms with E-state index in [1.807, 2.05) is 11.8 Å². The zero-order valence-electron chi connectivity index (χ0n) is 12.7. The molecule has 2 aromatic rings. The van der Waals surface area contributed by atoms with E-state index in [0.717, 1.165) is 13.2 Å². The Morgan fingerprint density at radius 3 is 1.95 bits per heavy atom. The predicted molar refractivity (Wildman–Crippen MR) is 91.8 cm³/mol. The van der Waals surface area contributed by atoms with E-state index in [1.165, 1.54) is 21.2 Å². The van der Waals surface area contributed by atoms with Crippen molar-refractivity contribution in [1.82, 2.24) is 0 Å². The molecule has 0 spiro atoms. The molecule has 0 saturated carbocycles. The van der Waals surface area contributed by atoms with Crippen LogP contribution in [0.1, 0.15) is 13.8 Å². The topological polar surface area (TPSA) is 21.7 Å². The zero-order valence-corrected chi connectivity index (χ0v) is 14.4. The third-order valence-corrected chi connectivity index (χ3v) is 6.29. The monoisotopic (exact) mass is 331 g/mol. The van der Waals surface area contributed by atoms with Gasteiger partial charge in [-0.1, -0.05) is 49.9 Å². The summed E-state index contributed by atoms with van der Waals surface area (Å²) in [5.74, 6) is 0. The van der Waals surface area contributed by atoms with Crippen LogP contribution in [0.25, 0.3) is 0 Å². The van der Waals surface area contributed by atoms with Gasteiger partial charge >= 0.3 is 0 Å². The van der Waals surface area contributed by atoms with Crippen molar-refractivity contribution in [3.8, 4) is 0 Å². The molecule has 0 amide bonds. The zero-order chi connectivity index (χ0) is 15.2. The minimum absolute atomic E-state index is 0.0857. The molecule has 2 aliphatic rings. The highest BCUT2D eigenvalue weighted by molar-refractivity contribution is 7.99. The maximum Gasteiger partial charge on any atom is 0.294 e. The Morgan fingerprint density at radius 2 is 1.41 bits per heavy atom. The fourth-order valence-electron chi connectivity index (χ4n) is 2.52. The Kier molecular flexibility index (Phi) is 3.66. The van der Waals surface area contributed by atoms with Gasteiger partial charge in [0.1, 0.15) is 0 Å². The fraction of sp³-hybridized carbons (Fsp3) is 0.294. The number of fused-ring (bicyclic) bond motifs is 2. The molecule has 4 rings (SSSR count). The minimum atomic E-state index is -1.10. The lowest BCUT2D eigenvalue weighted by Crippen LogP contribution is -2.32. The van der Waals surface area contributed by atoms with Crippen molar-refractivity contribution in [3.05, 3.63) is 48.5 Å². The van der Waals surface area contributed by atoms with Crippen molar-refractivity contribution >= 4 is 31.7 Å². The van der Waals surface area contributed by atoms with E-state index in [-0.39, 0.29) is 5.41 Å². The van der Waals surface area contributed by atoms with E-state index < -0.39 is 8.53 Å². The molecule has 1 fully saturated rings. The summed E-state index contributed by atoms with van der Waals surface area (Å²) in [6, 6.07) is 16.9. The summed E-state index contributed by atoms with van der Waals surface area (Å²) < 4.78 is 14.5. The summed E-state index contributed by atoms with van der Waals surface area (Å²) in [4.78, 5) is 2.50. The van der Waals surface area contributed by atoms with E-state index >= 15 is 0 Å². The molecule has 1 saturated heterocycles. The van der Waals surface area contributed by atoms with Gasteiger partial charge in [0.15, 0.2) is 0 Å². The lowest BCUT2D eigenvalue weighted by molar-refractivity contribution is 0.0617. The molecule has 5 heteroatoms. The number of anilines is 2. The van der Waals surface area contributed by atoms with Gasteiger partial charge in [0, 0.05) is 15.2 Å². The van der Waals surface area contributed by atoms with E-state index in [1.54, 1.807) is 0 Å². The Bertz CT molecular complexity index is 651. The van der Waals surface area contributed by atoms with Gasteiger partial charge in [-0.2, -0.15) is 0 Å². The van der Waals surface area contributed by atoms with E-state index in [4.69, 9.17) is 9.05 Å². The highest BCUT2D eigenvalue weighted by atomic mass is 32.2. The van der Waals surface area contributed by atoms with Crippen LogP contribution in [-0.4, -0.2) is 13.2 Å². The van der Waals surface area contributed by atoms with Gasteiger partial charge in [0.2, 0.25) is 0 Å². The first-order chi connectivity index (χ1) is 10.6. The lowest BCUT2D eigenvalue weighted by atomic mass is 9.97. The first kappa shape index (κ1) is 14.5. The minimum Gasteiger partial charge on any atom is -0.317 e.